The van der Waals surface area contributed by atoms with Crippen molar-refractivity contribution in [1.82, 2.24) is 15.8 Å². The SMILES string of the molecule is COc1ccc(-c2cc(CNC(=O)C[C@@H]3CNCCO3)on2)cc1. The van der Waals surface area contributed by atoms with Crippen LogP contribution < -0.4 is 15.4 Å². The van der Waals surface area contributed by atoms with E-state index < -0.39 is 0 Å². The van der Waals surface area contributed by atoms with Crippen LogP contribution >= 0.6 is 0 Å². The maximum Gasteiger partial charge on any atom is 0.223 e. The Morgan fingerprint density at radius 1 is 1.42 bits per heavy atom. The van der Waals surface area contributed by atoms with Crippen LogP contribution in [-0.4, -0.2) is 44.0 Å². The Morgan fingerprint density at radius 2 is 2.25 bits per heavy atom. The van der Waals surface area contributed by atoms with Crippen LogP contribution in [-0.2, 0) is 16.1 Å². The Kier molecular flexibility index (Phi) is 5.45. The zero-order chi connectivity index (χ0) is 16.8. The molecule has 24 heavy (non-hydrogen) atoms. The van der Waals surface area contributed by atoms with Crippen molar-refractivity contribution >= 4 is 5.91 Å². The summed E-state index contributed by atoms with van der Waals surface area (Å²) in [5.41, 5.74) is 1.65. The molecule has 1 saturated heterocycles. The zero-order valence-electron chi connectivity index (χ0n) is 13.6. The quantitative estimate of drug-likeness (QED) is 0.831. The molecular formula is C17H21N3O4. The van der Waals surface area contributed by atoms with E-state index in [9.17, 15) is 4.79 Å². The van der Waals surface area contributed by atoms with Crippen molar-refractivity contribution < 1.29 is 18.8 Å². The summed E-state index contributed by atoms with van der Waals surface area (Å²) >= 11 is 0. The first kappa shape index (κ1) is 16.5. The molecule has 0 bridgehead atoms. The lowest BCUT2D eigenvalue weighted by Gasteiger charge is -2.22. The van der Waals surface area contributed by atoms with Crippen LogP contribution in [0.15, 0.2) is 34.9 Å². The Morgan fingerprint density at radius 3 is 2.96 bits per heavy atom. The van der Waals surface area contributed by atoms with E-state index in [-0.39, 0.29) is 12.0 Å². The summed E-state index contributed by atoms with van der Waals surface area (Å²) < 4.78 is 15.9. The number of aromatic nitrogens is 1. The van der Waals surface area contributed by atoms with Gasteiger partial charge in [0.05, 0.1) is 32.8 Å². The molecule has 0 unspecified atom stereocenters. The molecule has 2 heterocycles. The van der Waals surface area contributed by atoms with Crippen LogP contribution in [0, 0.1) is 0 Å². The third-order valence-corrected chi connectivity index (χ3v) is 3.82. The number of ether oxygens (including phenoxy) is 2. The molecule has 7 nitrogen and oxygen atoms in total. The minimum Gasteiger partial charge on any atom is -0.497 e. The molecule has 1 fully saturated rings. The largest absolute Gasteiger partial charge is 0.497 e. The van der Waals surface area contributed by atoms with E-state index >= 15 is 0 Å². The maximum absolute atomic E-state index is 11.9. The highest BCUT2D eigenvalue weighted by molar-refractivity contribution is 5.76. The summed E-state index contributed by atoms with van der Waals surface area (Å²) in [7, 11) is 1.63. The van der Waals surface area contributed by atoms with Gasteiger partial charge in [0.25, 0.3) is 0 Å². The minimum atomic E-state index is -0.0664. The summed E-state index contributed by atoms with van der Waals surface area (Å²) in [6, 6.07) is 9.37. The second kappa shape index (κ2) is 7.94. The van der Waals surface area contributed by atoms with Crippen molar-refractivity contribution in [3.63, 3.8) is 0 Å². The van der Waals surface area contributed by atoms with Gasteiger partial charge in [-0.1, -0.05) is 5.16 Å². The first-order chi connectivity index (χ1) is 11.7. The Hall–Kier alpha value is -2.38. The Bertz CT molecular complexity index is 663. The molecular weight excluding hydrogens is 310 g/mol. The predicted octanol–water partition coefficient (Wildman–Crippen LogP) is 1.34. The average molecular weight is 331 g/mol. The van der Waals surface area contributed by atoms with Crippen LogP contribution in [0.2, 0.25) is 0 Å². The second-order valence-electron chi connectivity index (χ2n) is 5.58. The number of methoxy groups -OCH3 is 1. The third-order valence-electron chi connectivity index (χ3n) is 3.82. The molecule has 1 aromatic heterocycles. The molecule has 7 heteroatoms. The van der Waals surface area contributed by atoms with Gasteiger partial charge in [0.15, 0.2) is 5.76 Å². The Balaban J connectivity index is 1.50. The molecule has 3 rings (SSSR count). The molecule has 0 spiro atoms. The van der Waals surface area contributed by atoms with Crippen molar-refractivity contribution in [2.24, 2.45) is 0 Å². The van der Waals surface area contributed by atoms with Crippen molar-refractivity contribution in [1.29, 1.82) is 0 Å². The predicted molar refractivity (Wildman–Crippen MR) is 87.6 cm³/mol. The fourth-order valence-electron chi connectivity index (χ4n) is 2.51. The molecule has 1 amide bonds. The molecule has 1 aliphatic heterocycles. The summed E-state index contributed by atoms with van der Waals surface area (Å²) in [6.45, 7) is 2.50. The van der Waals surface area contributed by atoms with E-state index in [0.29, 0.717) is 31.9 Å². The molecule has 1 aromatic carbocycles. The monoisotopic (exact) mass is 331 g/mol. The summed E-state index contributed by atoms with van der Waals surface area (Å²) in [5, 5.41) is 10.1. The lowest BCUT2D eigenvalue weighted by Crippen LogP contribution is -2.41. The van der Waals surface area contributed by atoms with Crippen LogP contribution in [0.1, 0.15) is 12.2 Å². The molecule has 1 atom stereocenters. The van der Waals surface area contributed by atoms with Gasteiger partial charge in [-0.15, -0.1) is 0 Å². The lowest BCUT2D eigenvalue weighted by molar-refractivity contribution is -0.124. The molecule has 1 aliphatic rings. The first-order valence-electron chi connectivity index (χ1n) is 7.93. The number of carbonyl (C=O) groups excluding carboxylic acids is 1. The molecule has 2 N–H and O–H groups in total. The van der Waals surface area contributed by atoms with Crippen LogP contribution in [0.3, 0.4) is 0 Å². The van der Waals surface area contributed by atoms with Crippen LogP contribution in [0.25, 0.3) is 11.3 Å². The maximum atomic E-state index is 11.9. The van der Waals surface area contributed by atoms with Gasteiger partial charge >= 0.3 is 0 Å². The van der Waals surface area contributed by atoms with Gasteiger partial charge < -0.3 is 24.6 Å². The molecule has 0 radical (unpaired) electrons. The van der Waals surface area contributed by atoms with Gasteiger partial charge in [0, 0.05) is 24.7 Å². The first-order valence-corrected chi connectivity index (χ1v) is 7.93. The summed E-state index contributed by atoms with van der Waals surface area (Å²) in [6.07, 6.45) is 0.273. The fourth-order valence-corrected chi connectivity index (χ4v) is 2.51. The number of hydrogen-bond donors (Lipinski definition) is 2. The van der Waals surface area contributed by atoms with Crippen molar-refractivity contribution in [3.05, 3.63) is 36.1 Å². The van der Waals surface area contributed by atoms with E-state index in [1.54, 1.807) is 7.11 Å². The minimum absolute atomic E-state index is 0.0638. The van der Waals surface area contributed by atoms with Crippen LogP contribution in [0.4, 0.5) is 0 Å². The van der Waals surface area contributed by atoms with Gasteiger partial charge in [0.1, 0.15) is 11.4 Å². The van der Waals surface area contributed by atoms with Gasteiger partial charge in [-0.05, 0) is 24.3 Å². The number of benzene rings is 1. The van der Waals surface area contributed by atoms with Crippen molar-refractivity contribution in [3.8, 4) is 17.0 Å². The number of nitrogens with zero attached hydrogens (tertiary/aromatic N) is 1. The van der Waals surface area contributed by atoms with E-state index in [1.807, 2.05) is 30.3 Å². The average Bonchev–Trinajstić information content (AvgIpc) is 3.10. The number of nitrogens with one attached hydrogen (secondary N) is 2. The zero-order valence-corrected chi connectivity index (χ0v) is 13.6. The van der Waals surface area contributed by atoms with Gasteiger partial charge in [-0.2, -0.15) is 0 Å². The number of rotatable bonds is 6. The highest BCUT2D eigenvalue weighted by atomic mass is 16.5. The summed E-state index contributed by atoms with van der Waals surface area (Å²) in [4.78, 5) is 11.9. The smallest absolute Gasteiger partial charge is 0.223 e. The van der Waals surface area contributed by atoms with Crippen molar-refractivity contribution in [2.75, 3.05) is 26.8 Å². The highest BCUT2D eigenvalue weighted by Crippen LogP contribution is 2.22. The summed E-state index contributed by atoms with van der Waals surface area (Å²) in [5.74, 6) is 1.33. The topological polar surface area (TPSA) is 85.6 Å². The van der Waals surface area contributed by atoms with E-state index in [0.717, 1.165) is 23.6 Å². The molecule has 128 valence electrons. The van der Waals surface area contributed by atoms with E-state index in [2.05, 4.69) is 15.8 Å². The molecule has 0 saturated carbocycles. The standard InChI is InChI=1S/C17H21N3O4/c1-22-13-4-2-12(3-5-13)16-8-15(24-20-16)11-19-17(21)9-14-10-18-6-7-23-14/h2-5,8,14,18H,6-7,9-11H2,1H3,(H,19,21)/t14-/m1/s1. The fraction of sp³-hybridized carbons (Fsp3) is 0.412. The van der Waals surface area contributed by atoms with Gasteiger partial charge in [-0.25, -0.2) is 0 Å². The Labute approximate surface area is 140 Å². The van der Waals surface area contributed by atoms with E-state index in [1.165, 1.54) is 0 Å². The third kappa shape index (κ3) is 4.33. The number of morpholine rings is 1. The second-order valence-corrected chi connectivity index (χ2v) is 5.58. The van der Waals surface area contributed by atoms with Crippen molar-refractivity contribution in [2.45, 2.75) is 19.1 Å². The number of carbonyl (C=O) groups is 1. The molecule has 0 aliphatic carbocycles. The normalized spacial score (nSPS) is 17.5. The lowest BCUT2D eigenvalue weighted by atomic mass is 10.1. The van der Waals surface area contributed by atoms with Gasteiger partial charge in [-0.3, -0.25) is 4.79 Å². The molecule has 2 aromatic rings. The number of amides is 1. The van der Waals surface area contributed by atoms with Crippen LogP contribution in [0.5, 0.6) is 5.75 Å². The highest BCUT2D eigenvalue weighted by Gasteiger charge is 2.17. The van der Waals surface area contributed by atoms with E-state index in [4.69, 9.17) is 14.0 Å². The number of hydrogen-bond acceptors (Lipinski definition) is 6. The van der Waals surface area contributed by atoms with Gasteiger partial charge in [0.2, 0.25) is 5.91 Å².